The number of pyridine rings is 1. The fourth-order valence-electron chi connectivity index (χ4n) is 2.19. The van der Waals surface area contributed by atoms with E-state index in [0.29, 0.717) is 12.1 Å². The second-order valence-corrected chi connectivity index (χ2v) is 4.54. The van der Waals surface area contributed by atoms with Crippen LogP contribution in [0.15, 0.2) is 54.9 Å². The van der Waals surface area contributed by atoms with Gasteiger partial charge in [-0.2, -0.15) is 0 Å². The summed E-state index contributed by atoms with van der Waals surface area (Å²) < 4.78 is 0. The molecule has 1 aromatic heterocycles. The molecule has 0 unspecified atom stereocenters. The van der Waals surface area contributed by atoms with Crippen LogP contribution in [-0.2, 0) is 6.54 Å². The summed E-state index contributed by atoms with van der Waals surface area (Å²) in [6.07, 6.45) is 3.56. The molecule has 0 bridgehead atoms. The van der Waals surface area contributed by atoms with Gasteiger partial charge in [-0.05, 0) is 18.2 Å². The monoisotopic (exact) mass is 266 g/mol. The lowest BCUT2D eigenvalue weighted by molar-refractivity contribution is 0.400. The minimum Gasteiger partial charge on any atom is -0.504 e. The molecule has 0 saturated heterocycles. The molecule has 3 rings (SSSR count). The number of hydrogen-bond donors (Lipinski definition) is 3. The summed E-state index contributed by atoms with van der Waals surface area (Å²) in [5.41, 5.74) is 1.61. The topological polar surface area (TPSA) is 65.4 Å². The highest BCUT2D eigenvalue weighted by Gasteiger charge is 2.06. The highest BCUT2D eigenvalue weighted by Crippen LogP contribution is 2.29. The lowest BCUT2D eigenvalue weighted by atomic mass is 10.1. The Morgan fingerprint density at radius 2 is 1.85 bits per heavy atom. The van der Waals surface area contributed by atoms with Crippen molar-refractivity contribution in [2.75, 3.05) is 5.32 Å². The van der Waals surface area contributed by atoms with Crippen LogP contribution in [0.2, 0.25) is 0 Å². The van der Waals surface area contributed by atoms with Gasteiger partial charge < -0.3 is 15.5 Å². The van der Waals surface area contributed by atoms with Crippen LogP contribution in [0.25, 0.3) is 10.8 Å². The molecule has 4 nitrogen and oxygen atoms in total. The number of nitrogens with zero attached hydrogens (tertiary/aromatic N) is 1. The van der Waals surface area contributed by atoms with E-state index in [0.717, 1.165) is 16.5 Å². The molecule has 4 heteroatoms. The largest absolute Gasteiger partial charge is 0.504 e. The molecule has 0 aliphatic heterocycles. The van der Waals surface area contributed by atoms with Crippen LogP contribution in [0.4, 0.5) is 5.69 Å². The molecule has 0 saturated carbocycles. The lowest BCUT2D eigenvalue weighted by Gasteiger charge is -2.11. The summed E-state index contributed by atoms with van der Waals surface area (Å²) in [7, 11) is 0. The zero-order valence-electron chi connectivity index (χ0n) is 10.7. The maximum atomic E-state index is 9.79. The molecule has 0 amide bonds. The van der Waals surface area contributed by atoms with Crippen LogP contribution in [0.5, 0.6) is 11.5 Å². The molecule has 100 valence electrons. The smallest absolute Gasteiger partial charge is 0.162 e. The van der Waals surface area contributed by atoms with Gasteiger partial charge in [-0.3, -0.25) is 4.98 Å². The van der Waals surface area contributed by atoms with E-state index in [1.54, 1.807) is 18.3 Å². The van der Waals surface area contributed by atoms with Crippen LogP contribution >= 0.6 is 0 Å². The molecule has 0 radical (unpaired) electrons. The Morgan fingerprint density at radius 3 is 2.75 bits per heavy atom. The van der Waals surface area contributed by atoms with Crippen molar-refractivity contribution in [3.05, 3.63) is 60.4 Å². The summed E-state index contributed by atoms with van der Waals surface area (Å²) in [4.78, 5) is 4.10. The summed E-state index contributed by atoms with van der Waals surface area (Å²) in [6.45, 7) is 0.432. The van der Waals surface area contributed by atoms with Crippen molar-refractivity contribution in [1.82, 2.24) is 4.98 Å². The van der Waals surface area contributed by atoms with E-state index in [2.05, 4.69) is 10.3 Å². The predicted octanol–water partition coefficient (Wildman–Crippen LogP) is 3.26. The van der Waals surface area contributed by atoms with Gasteiger partial charge in [0, 0.05) is 41.0 Å². The Hall–Kier alpha value is -2.75. The van der Waals surface area contributed by atoms with Gasteiger partial charge in [-0.1, -0.05) is 24.3 Å². The van der Waals surface area contributed by atoms with Gasteiger partial charge in [-0.25, -0.2) is 0 Å². The lowest BCUT2D eigenvalue weighted by Crippen LogP contribution is -2.00. The second-order valence-electron chi connectivity index (χ2n) is 4.54. The molecule has 2 aromatic carbocycles. The van der Waals surface area contributed by atoms with Gasteiger partial charge in [0.1, 0.15) is 0 Å². The van der Waals surface area contributed by atoms with E-state index in [-0.39, 0.29) is 11.5 Å². The molecule has 0 aliphatic carbocycles. The van der Waals surface area contributed by atoms with E-state index in [1.165, 1.54) is 6.07 Å². The van der Waals surface area contributed by atoms with E-state index in [1.807, 2.05) is 30.5 Å². The van der Waals surface area contributed by atoms with Gasteiger partial charge in [-0.15, -0.1) is 0 Å². The van der Waals surface area contributed by atoms with Crippen molar-refractivity contribution in [2.45, 2.75) is 6.54 Å². The molecule has 3 N–H and O–H groups in total. The van der Waals surface area contributed by atoms with E-state index < -0.39 is 0 Å². The Labute approximate surface area is 116 Å². The number of aromatic nitrogens is 1. The van der Waals surface area contributed by atoms with Crippen molar-refractivity contribution < 1.29 is 10.2 Å². The number of fused-ring (bicyclic) bond motifs is 1. The number of phenols is 2. The maximum absolute atomic E-state index is 9.79. The number of anilines is 1. The van der Waals surface area contributed by atoms with Crippen molar-refractivity contribution >= 4 is 16.5 Å². The first kappa shape index (κ1) is 12.3. The summed E-state index contributed by atoms with van der Waals surface area (Å²) in [5.74, 6) is -0.187. The first-order valence-corrected chi connectivity index (χ1v) is 6.32. The maximum Gasteiger partial charge on any atom is 0.162 e. The van der Waals surface area contributed by atoms with Crippen molar-refractivity contribution in [1.29, 1.82) is 0 Å². The first-order valence-electron chi connectivity index (χ1n) is 6.32. The zero-order chi connectivity index (χ0) is 13.9. The van der Waals surface area contributed by atoms with Crippen LogP contribution in [0, 0.1) is 0 Å². The average molecular weight is 266 g/mol. The minimum absolute atomic E-state index is 0.0816. The van der Waals surface area contributed by atoms with Crippen LogP contribution < -0.4 is 5.32 Å². The number of hydrogen-bond acceptors (Lipinski definition) is 4. The third kappa shape index (κ3) is 2.23. The Morgan fingerprint density at radius 1 is 1.00 bits per heavy atom. The van der Waals surface area contributed by atoms with Crippen molar-refractivity contribution in [3.8, 4) is 11.5 Å². The summed E-state index contributed by atoms with van der Waals surface area (Å²) in [5, 5.41) is 24.7. The Balaban J connectivity index is 1.89. The summed E-state index contributed by atoms with van der Waals surface area (Å²) in [6, 6.07) is 12.8. The molecule has 1 heterocycles. The molecule has 0 atom stereocenters. The zero-order valence-corrected chi connectivity index (χ0v) is 10.7. The number of benzene rings is 2. The highest BCUT2D eigenvalue weighted by atomic mass is 16.3. The molecule has 0 aliphatic rings. The van der Waals surface area contributed by atoms with Gasteiger partial charge in [0.05, 0.1) is 0 Å². The molecular formula is C16H14N2O2. The van der Waals surface area contributed by atoms with Crippen molar-refractivity contribution in [2.24, 2.45) is 0 Å². The van der Waals surface area contributed by atoms with E-state index >= 15 is 0 Å². The second kappa shape index (κ2) is 5.09. The molecule has 20 heavy (non-hydrogen) atoms. The number of rotatable bonds is 3. The average Bonchev–Trinajstić information content (AvgIpc) is 2.49. The van der Waals surface area contributed by atoms with E-state index in [9.17, 15) is 10.2 Å². The highest BCUT2D eigenvalue weighted by molar-refractivity contribution is 5.93. The third-order valence-corrected chi connectivity index (χ3v) is 3.25. The fourth-order valence-corrected chi connectivity index (χ4v) is 2.19. The van der Waals surface area contributed by atoms with E-state index in [4.69, 9.17) is 0 Å². The van der Waals surface area contributed by atoms with Crippen LogP contribution in [0.3, 0.4) is 0 Å². The molecule has 0 spiro atoms. The summed E-state index contributed by atoms with van der Waals surface area (Å²) >= 11 is 0. The molecular weight excluding hydrogens is 252 g/mol. The predicted molar refractivity (Wildman–Crippen MR) is 78.8 cm³/mol. The van der Waals surface area contributed by atoms with Crippen molar-refractivity contribution in [3.63, 3.8) is 0 Å². The van der Waals surface area contributed by atoms with Crippen LogP contribution in [0.1, 0.15) is 5.56 Å². The van der Waals surface area contributed by atoms with Gasteiger partial charge in [0.2, 0.25) is 0 Å². The quantitative estimate of drug-likeness (QED) is 0.637. The van der Waals surface area contributed by atoms with Gasteiger partial charge >= 0.3 is 0 Å². The fraction of sp³-hybridized carbons (Fsp3) is 0.0625. The normalized spacial score (nSPS) is 10.6. The van der Waals surface area contributed by atoms with Crippen LogP contribution in [-0.4, -0.2) is 15.2 Å². The number of nitrogens with one attached hydrogen (secondary N) is 1. The first-order chi connectivity index (χ1) is 9.75. The Kier molecular flexibility index (Phi) is 3.13. The SMILES string of the molecule is Oc1cccc(CNc2cccc3cnccc23)c1O. The number of para-hydroxylation sites is 1. The van der Waals surface area contributed by atoms with Gasteiger partial charge in [0.25, 0.3) is 0 Å². The minimum atomic E-state index is -0.105. The number of aromatic hydroxyl groups is 2. The molecule has 3 aromatic rings. The molecule has 0 fully saturated rings. The number of phenolic OH excluding ortho intramolecular Hbond substituents is 2. The third-order valence-electron chi connectivity index (χ3n) is 3.25. The Bertz CT molecular complexity index is 751. The standard InChI is InChI=1S/C16H14N2O2/c19-15-6-2-4-12(16(15)20)10-18-14-5-1-3-11-9-17-8-7-13(11)14/h1-9,18-20H,10H2. The van der Waals surface area contributed by atoms with Gasteiger partial charge in [0.15, 0.2) is 11.5 Å².